The number of thiazole rings is 1. The van der Waals surface area contributed by atoms with Gasteiger partial charge in [0, 0.05) is 16.6 Å². The number of hydrogen-bond donors (Lipinski definition) is 3. The van der Waals surface area contributed by atoms with Gasteiger partial charge in [0.2, 0.25) is 0 Å². The van der Waals surface area contributed by atoms with E-state index >= 15 is 0 Å². The van der Waals surface area contributed by atoms with Crippen LogP contribution in [0.4, 0.5) is 5.69 Å². The third kappa shape index (κ3) is 4.85. The van der Waals surface area contributed by atoms with Crippen LogP contribution in [-0.4, -0.2) is 48.7 Å². The smallest absolute Gasteiger partial charge is 0.279 e. The van der Waals surface area contributed by atoms with Crippen LogP contribution in [0.5, 0.6) is 0 Å². The van der Waals surface area contributed by atoms with Crippen LogP contribution >= 0.6 is 11.3 Å². The molecule has 1 unspecified atom stereocenters. The minimum atomic E-state index is -1.31. The van der Waals surface area contributed by atoms with E-state index in [1.807, 2.05) is 7.05 Å². The van der Waals surface area contributed by atoms with Crippen LogP contribution in [0.3, 0.4) is 0 Å². The molecule has 1 amide bonds. The largest absolute Gasteiger partial charge is 0.543 e. The van der Waals surface area contributed by atoms with E-state index in [1.54, 1.807) is 24.3 Å². The van der Waals surface area contributed by atoms with Crippen LogP contribution < -0.4 is 15.3 Å². The molecule has 7 nitrogen and oxygen atoms in total. The molecule has 0 saturated heterocycles. The lowest BCUT2D eigenvalue weighted by atomic mass is 10.2. The third-order valence-corrected chi connectivity index (χ3v) is 4.00. The number of carbonyl (C=O) groups excluding carboxylic acids is 2. The van der Waals surface area contributed by atoms with Crippen molar-refractivity contribution in [2.24, 2.45) is 0 Å². The summed E-state index contributed by atoms with van der Waals surface area (Å²) in [7, 11) is 1.82. The highest BCUT2D eigenvalue weighted by Gasteiger charge is 2.11. The second-order valence-electron chi connectivity index (χ2n) is 5.06. The van der Waals surface area contributed by atoms with E-state index in [9.17, 15) is 14.7 Å². The SMILES string of the molecule is C[NH+](CCO)CC(=O)Nc1cccc(-c2nc(C(=O)[O-])cs2)c1. The van der Waals surface area contributed by atoms with Crippen molar-refractivity contribution in [2.75, 3.05) is 32.1 Å². The number of carbonyl (C=O) groups is 2. The zero-order valence-corrected chi connectivity index (χ0v) is 13.4. The maximum Gasteiger partial charge on any atom is 0.279 e. The number of aromatic carboxylic acids is 1. The summed E-state index contributed by atoms with van der Waals surface area (Å²) < 4.78 is 0. The molecule has 0 radical (unpaired) electrons. The maximum atomic E-state index is 11.9. The van der Waals surface area contributed by atoms with Crippen LogP contribution in [0, 0.1) is 0 Å². The lowest BCUT2D eigenvalue weighted by molar-refractivity contribution is -0.871. The Morgan fingerprint density at radius 2 is 2.22 bits per heavy atom. The average Bonchev–Trinajstić information content (AvgIpc) is 2.97. The van der Waals surface area contributed by atoms with E-state index in [-0.39, 0.29) is 24.8 Å². The summed E-state index contributed by atoms with van der Waals surface area (Å²) in [6.45, 7) is 0.773. The second kappa shape index (κ2) is 7.82. The first kappa shape index (κ1) is 17.1. The van der Waals surface area contributed by atoms with Crippen LogP contribution in [-0.2, 0) is 4.79 Å². The van der Waals surface area contributed by atoms with Gasteiger partial charge in [-0.3, -0.25) is 4.79 Å². The Morgan fingerprint density at radius 1 is 1.43 bits per heavy atom. The molecule has 1 heterocycles. The van der Waals surface area contributed by atoms with Crippen molar-refractivity contribution < 1.29 is 24.7 Å². The Morgan fingerprint density at radius 3 is 2.87 bits per heavy atom. The van der Waals surface area contributed by atoms with Crippen molar-refractivity contribution in [2.45, 2.75) is 0 Å². The predicted molar refractivity (Wildman–Crippen MR) is 84.2 cm³/mol. The zero-order valence-electron chi connectivity index (χ0n) is 12.5. The van der Waals surface area contributed by atoms with Crippen molar-refractivity contribution in [1.29, 1.82) is 0 Å². The molecular formula is C15H17N3O4S. The number of quaternary nitrogens is 1. The third-order valence-electron chi connectivity index (χ3n) is 3.11. The van der Waals surface area contributed by atoms with Crippen LogP contribution in [0.15, 0.2) is 29.6 Å². The summed E-state index contributed by atoms with van der Waals surface area (Å²) in [4.78, 5) is 27.6. The van der Waals surface area contributed by atoms with Gasteiger partial charge in [-0.15, -0.1) is 11.3 Å². The number of nitrogens with zero attached hydrogens (tertiary/aromatic N) is 1. The van der Waals surface area contributed by atoms with E-state index in [4.69, 9.17) is 5.11 Å². The first-order valence-electron chi connectivity index (χ1n) is 6.99. The summed E-state index contributed by atoms with van der Waals surface area (Å²) >= 11 is 1.20. The monoisotopic (exact) mass is 335 g/mol. The summed E-state index contributed by atoms with van der Waals surface area (Å²) in [6.07, 6.45) is 0. The van der Waals surface area contributed by atoms with Gasteiger partial charge in [-0.1, -0.05) is 12.1 Å². The fourth-order valence-electron chi connectivity index (χ4n) is 1.99. The second-order valence-corrected chi connectivity index (χ2v) is 5.92. The molecule has 1 aromatic carbocycles. The lowest BCUT2D eigenvalue weighted by Gasteiger charge is -2.12. The molecule has 0 aliphatic heterocycles. The predicted octanol–water partition coefficient (Wildman–Crippen LogP) is -1.38. The van der Waals surface area contributed by atoms with Gasteiger partial charge >= 0.3 is 0 Å². The van der Waals surface area contributed by atoms with Gasteiger partial charge < -0.3 is 25.2 Å². The number of carboxylic acid groups (broad SMARTS) is 1. The van der Waals surface area contributed by atoms with Gasteiger partial charge in [-0.25, -0.2) is 4.98 Å². The van der Waals surface area contributed by atoms with Crippen molar-refractivity contribution in [3.63, 3.8) is 0 Å². The van der Waals surface area contributed by atoms with Gasteiger partial charge in [0.25, 0.3) is 5.91 Å². The summed E-state index contributed by atoms with van der Waals surface area (Å²) in [5.41, 5.74) is 1.22. The minimum Gasteiger partial charge on any atom is -0.543 e. The molecular weight excluding hydrogens is 318 g/mol. The number of likely N-dealkylation sites (N-methyl/N-ethyl adjacent to an activating group) is 1. The number of aliphatic hydroxyl groups excluding tert-OH is 1. The number of amides is 1. The molecule has 0 aliphatic rings. The standard InChI is InChI=1S/C15H17N3O4S/c1-18(5-6-19)8-13(20)16-11-4-2-3-10(7-11)14-17-12(9-23-14)15(21)22/h2-4,7,9,19H,5-6,8H2,1H3,(H,16,20)(H,21,22). The number of aliphatic hydroxyl groups is 1. The van der Waals surface area contributed by atoms with E-state index < -0.39 is 5.97 Å². The fraction of sp³-hybridized carbons (Fsp3) is 0.267. The van der Waals surface area contributed by atoms with Crippen LogP contribution in [0.25, 0.3) is 10.6 Å². The topological polar surface area (TPSA) is 107 Å². The number of rotatable bonds is 7. The van der Waals surface area contributed by atoms with Crippen molar-refractivity contribution in [3.05, 3.63) is 35.3 Å². The van der Waals surface area contributed by atoms with Gasteiger partial charge in [0.05, 0.1) is 25.3 Å². The molecule has 1 aromatic heterocycles. The molecule has 0 saturated carbocycles. The quantitative estimate of drug-likeness (QED) is 0.578. The first-order chi connectivity index (χ1) is 11.0. The van der Waals surface area contributed by atoms with Crippen molar-refractivity contribution in [1.82, 2.24) is 4.98 Å². The van der Waals surface area contributed by atoms with Gasteiger partial charge in [0.15, 0.2) is 6.54 Å². The minimum absolute atomic E-state index is 0.0272. The van der Waals surface area contributed by atoms with Crippen molar-refractivity contribution >= 4 is 28.9 Å². The average molecular weight is 335 g/mol. The molecule has 0 spiro atoms. The maximum absolute atomic E-state index is 11.9. The lowest BCUT2D eigenvalue weighted by Crippen LogP contribution is -3.10. The summed E-state index contributed by atoms with van der Waals surface area (Å²) in [6, 6.07) is 7.03. The Kier molecular flexibility index (Phi) is 5.80. The van der Waals surface area contributed by atoms with E-state index in [1.165, 1.54) is 16.7 Å². The van der Waals surface area contributed by atoms with Gasteiger partial charge in [-0.2, -0.15) is 0 Å². The van der Waals surface area contributed by atoms with Gasteiger partial charge in [0.1, 0.15) is 11.6 Å². The van der Waals surface area contributed by atoms with E-state index in [2.05, 4.69) is 10.3 Å². The highest BCUT2D eigenvalue weighted by Crippen LogP contribution is 2.25. The molecule has 2 rings (SSSR count). The van der Waals surface area contributed by atoms with E-state index in [0.29, 0.717) is 17.2 Å². The molecule has 8 heteroatoms. The number of carboxylic acids is 1. The Hall–Kier alpha value is -2.29. The Labute approximate surface area is 137 Å². The normalized spacial score (nSPS) is 11.9. The molecule has 122 valence electrons. The number of hydrogen-bond acceptors (Lipinski definition) is 6. The molecule has 0 bridgehead atoms. The Balaban J connectivity index is 2.07. The molecule has 23 heavy (non-hydrogen) atoms. The number of benzene rings is 1. The first-order valence-corrected chi connectivity index (χ1v) is 7.87. The number of anilines is 1. The molecule has 1 atom stereocenters. The van der Waals surface area contributed by atoms with E-state index in [0.717, 1.165) is 10.5 Å². The summed E-state index contributed by atoms with van der Waals surface area (Å²) in [5, 5.41) is 24.4. The Bertz CT molecular complexity index is 702. The highest BCUT2D eigenvalue weighted by atomic mass is 32.1. The van der Waals surface area contributed by atoms with Crippen LogP contribution in [0.1, 0.15) is 10.5 Å². The molecule has 0 aliphatic carbocycles. The molecule has 0 fully saturated rings. The van der Waals surface area contributed by atoms with Gasteiger partial charge in [-0.05, 0) is 12.1 Å². The number of nitrogens with one attached hydrogen (secondary N) is 2. The number of aromatic nitrogens is 1. The van der Waals surface area contributed by atoms with Crippen LogP contribution in [0.2, 0.25) is 0 Å². The fourth-order valence-corrected chi connectivity index (χ4v) is 2.77. The van der Waals surface area contributed by atoms with Crippen molar-refractivity contribution in [3.8, 4) is 10.6 Å². The highest BCUT2D eigenvalue weighted by molar-refractivity contribution is 7.13. The summed E-state index contributed by atoms with van der Waals surface area (Å²) in [5.74, 6) is -1.48. The zero-order chi connectivity index (χ0) is 16.8. The molecule has 2 aromatic rings. The molecule has 3 N–H and O–H groups in total.